The highest BCUT2D eigenvalue weighted by atomic mass is 19.1. The number of rotatable bonds is 2. The second kappa shape index (κ2) is 3.31. The number of hydrogen-bond acceptors (Lipinski definition) is 1. The first-order chi connectivity index (χ1) is 6.98. The largest absolute Gasteiger partial charge is 0.330 e. The van der Waals surface area contributed by atoms with E-state index in [0.717, 1.165) is 5.56 Å². The molecule has 1 nitrogen and oxygen atoms in total. The summed E-state index contributed by atoms with van der Waals surface area (Å²) in [5.74, 6) is 0.822. The minimum absolute atomic E-state index is 0.106. The molecule has 15 heavy (non-hydrogen) atoms. The van der Waals surface area contributed by atoms with Crippen LogP contribution in [0.25, 0.3) is 0 Å². The molecule has 0 spiro atoms. The third-order valence-electron chi connectivity index (χ3n) is 3.86. The lowest BCUT2D eigenvalue weighted by Gasteiger charge is -2.04. The van der Waals surface area contributed by atoms with Crippen LogP contribution in [0.2, 0.25) is 0 Å². The van der Waals surface area contributed by atoms with Gasteiger partial charge in [0.1, 0.15) is 5.82 Å². The molecule has 0 radical (unpaired) electrons. The van der Waals surface area contributed by atoms with Crippen molar-refractivity contribution in [1.82, 2.24) is 0 Å². The van der Waals surface area contributed by atoms with Crippen LogP contribution < -0.4 is 5.73 Å². The van der Waals surface area contributed by atoms with Gasteiger partial charge < -0.3 is 5.73 Å². The van der Waals surface area contributed by atoms with Gasteiger partial charge >= 0.3 is 0 Å². The van der Waals surface area contributed by atoms with E-state index in [9.17, 15) is 4.39 Å². The maximum Gasteiger partial charge on any atom is 0.126 e. The molecule has 2 N–H and O–H groups in total. The molecule has 1 aromatic rings. The van der Waals surface area contributed by atoms with E-state index in [4.69, 9.17) is 5.73 Å². The summed E-state index contributed by atoms with van der Waals surface area (Å²) in [5, 5.41) is 0. The molecule has 1 saturated carbocycles. The Balaban J connectivity index is 2.29. The van der Waals surface area contributed by atoms with Gasteiger partial charge in [-0.15, -0.1) is 0 Å². The molecule has 1 aliphatic carbocycles. The summed E-state index contributed by atoms with van der Waals surface area (Å²) >= 11 is 0. The summed E-state index contributed by atoms with van der Waals surface area (Å²) in [7, 11) is 0. The summed E-state index contributed by atoms with van der Waals surface area (Å²) in [5.41, 5.74) is 7.75. The van der Waals surface area contributed by atoms with Crippen molar-refractivity contribution in [3.63, 3.8) is 0 Å². The standard InChI is InChI=1S/C13H18FN/c1-8-4-5-9(6-11(8)14)12-10(7-15)13(12,2)3/h4-6,10,12H,7,15H2,1-3H3. The topological polar surface area (TPSA) is 26.0 Å². The second-order valence-corrected chi connectivity index (χ2v) is 5.15. The monoisotopic (exact) mass is 207 g/mol. The number of aryl methyl sites for hydroxylation is 1. The fraction of sp³-hybridized carbons (Fsp3) is 0.538. The third-order valence-corrected chi connectivity index (χ3v) is 3.86. The van der Waals surface area contributed by atoms with Crippen molar-refractivity contribution < 1.29 is 4.39 Å². The van der Waals surface area contributed by atoms with Crippen LogP contribution in [0.4, 0.5) is 4.39 Å². The average molecular weight is 207 g/mol. The van der Waals surface area contributed by atoms with Crippen LogP contribution in [-0.2, 0) is 0 Å². The van der Waals surface area contributed by atoms with Crippen LogP contribution in [-0.4, -0.2) is 6.54 Å². The van der Waals surface area contributed by atoms with E-state index in [1.807, 2.05) is 12.1 Å². The van der Waals surface area contributed by atoms with Gasteiger partial charge in [0.25, 0.3) is 0 Å². The van der Waals surface area contributed by atoms with Crippen molar-refractivity contribution in [3.05, 3.63) is 35.1 Å². The zero-order valence-electron chi connectivity index (χ0n) is 9.55. The average Bonchev–Trinajstić information content (AvgIpc) is 2.73. The Morgan fingerprint density at radius 3 is 2.53 bits per heavy atom. The van der Waals surface area contributed by atoms with E-state index >= 15 is 0 Å². The Morgan fingerprint density at radius 1 is 1.40 bits per heavy atom. The summed E-state index contributed by atoms with van der Waals surface area (Å²) < 4.78 is 13.4. The molecule has 1 fully saturated rings. The molecule has 2 atom stereocenters. The van der Waals surface area contributed by atoms with Crippen LogP contribution in [0, 0.1) is 24.1 Å². The van der Waals surface area contributed by atoms with E-state index < -0.39 is 0 Å². The highest BCUT2D eigenvalue weighted by Gasteiger charge is 2.57. The number of benzene rings is 1. The quantitative estimate of drug-likeness (QED) is 0.793. The molecule has 0 bridgehead atoms. The summed E-state index contributed by atoms with van der Waals surface area (Å²) in [6.07, 6.45) is 0. The van der Waals surface area contributed by atoms with Gasteiger partial charge in [0.15, 0.2) is 0 Å². The van der Waals surface area contributed by atoms with E-state index in [1.165, 1.54) is 0 Å². The lowest BCUT2D eigenvalue weighted by molar-refractivity contribution is 0.558. The minimum atomic E-state index is -0.106. The summed E-state index contributed by atoms with van der Waals surface area (Å²) in [6, 6.07) is 5.55. The van der Waals surface area contributed by atoms with Crippen molar-refractivity contribution in [2.45, 2.75) is 26.7 Å². The van der Waals surface area contributed by atoms with Gasteiger partial charge in [-0.3, -0.25) is 0 Å². The van der Waals surface area contributed by atoms with Crippen LogP contribution in [0.15, 0.2) is 18.2 Å². The van der Waals surface area contributed by atoms with Crippen LogP contribution in [0.5, 0.6) is 0 Å². The fourth-order valence-corrected chi connectivity index (χ4v) is 2.65. The first kappa shape index (κ1) is 10.6. The van der Waals surface area contributed by atoms with E-state index in [0.29, 0.717) is 23.9 Å². The summed E-state index contributed by atoms with van der Waals surface area (Å²) in [6.45, 7) is 6.88. The lowest BCUT2D eigenvalue weighted by atomic mass is 10.0. The fourth-order valence-electron chi connectivity index (χ4n) is 2.65. The van der Waals surface area contributed by atoms with Gasteiger partial charge in [-0.1, -0.05) is 26.0 Å². The first-order valence-electron chi connectivity index (χ1n) is 5.44. The molecular weight excluding hydrogens is 189 g/mol. The highest BCUT2D eigenvalue weighted by Crippen LogP contribution is 2.63. The maximum atomic E-state index is 13.4. The minimum Gasteiger partial charge on any atom is -0.330 e. The normalized spacial score (nSPS) is 27.8. The summed E-state index contributed by atoms with van der Waals surface area (Å²) in [4.78, 5) is 0. The number of halogens is 1. The molecule has 0 heterocycles. The Bertz CT molecular complexity index is 384. The van der Waals surface area contributed by atoms with Crippen molar-refractivity contribution >= 4 is 0 Å². The zero-order chi connectivity index (χ0) is 11.2. The SMILES string of the molecule is Cc1ccc(C2C(CN)C2(C)C)cc1F. The first-order valence-corrected chi connectivity index (χ1v) is 5.44. The predicted octanol–water partition coefficient (Wildman–Crippen LogP) is 2.83. The molecule has 2 rings (SSSR count). The molecule has 0 aromatic heterocycles. The molecule has 2 heteroatoms. The highest BCUT2D eigenvalue weighted by molar-refractivity contribution is 5.34. The maximum absolute atomic E-state index is 13.4. The molecule has 0 saturated heterocycles. The van der Waals surface area contributed by atoms with E-state index in [2.05, 4.69) is 13.8 Å². The predicted molar refractivity (Wildman–Crippen MR) is 60.2 cm³/mol. The second-order valence-electron chi connectivity index (χ2n) is 5.15. The van der Waals surface area contributed by atoms with Crippen molar-refractivity contribution in [1.29, 1.82) is 0 Å². The number of hydrogen-bond donors (Lipinski definition) is 1. The van der Waals surface area contributed by atoms with Gasteiger partial charge in [-0.25, -0.2) is 4.39 Å². The van der Waals surface area contributed by atoms with Gasteiger partial charge in [0.05, 0.1) is 0 Å². The molecular formula is C13H18FN. The van der Waals surface area contributed by atoms with Crippen molar-refractivity contribution in [3.8, 4) is 0 Å². The Hall–Kier alpha value is -0.890. The lowest BCUT2D eigenvalue weighted by Crippen LogP contribution is -2.05. The molecule has 82 valence electrons. The molecule has 2 unspecified atom stereocenters. The van der Waals surface area contributed by atoms with Crippen molar-refractivity contribution in [2.75, 3.05) is 6.54 Å². The number of nitrogens with two attached hydrogens (primary N) is 1. The van der Waals surface area contributed by atoms with Crippen LogP contribution in [0.1, 0.15) is 30.9 Å². The molecule has 1 aliphatic rings. The zero-order valence-corrected chi connectivity index (χ0v) is 9.55. The Kier molecular flexibility index (Phi) is 2.34. The Morgan fingerprint density at radius 2 is 2.07 bits per heavy atom. The van der Waals surface area contributed by atoms with E-state index in [-0.39, 0.29) is 11.2 Å². The molecule has 0 aliphatic heterocycles. The van der Waals surface area contributed by atoms with Crippen LogP contribution in [0.3, 0.4) is 0 Å². The van der Waals surface area contributed by atoms with Crippen molar-refractivity contribution in [2.24, 2.45) is 17.1 Å². The third kappa shape index (κ3) is 1.57. The van der Waals surface area contributed by atoms with Crippen LogP contribution >= 0.6 is 0 Å². The smallest absolute Gasteiger partial charge is 0.126 e. The van der Waals surface area contributed by atoms with Gasteiger partial charge in [0.2, 0.25) is 0 Å². The molecule has 1 aromatic carbocycles. The molecule has 0 amide bonds. The van der Waals surface area contributed by atoms with E-state index in [1.54, 1.807) is 13.0 Å². The van der Waals surface area contributed by atoms with Gasteiger partial charge in [0, 0.05) is 0 Å². The van der Waals surface area contributed by atoms with Gasteiger partial charge in [-0.05, 0) is 47.9 Å². The Labute approximate surface area is 90.5 Å². The van der Waals surface area contributed by atoms with Gasteiger partial charge in [-0.2, -0.15) is 0 Å².